The number of rotatable bonds is 11. The first-order chi connectivity index (χ1) is 20.7. The van der Waals surface area contributed by atoms with Crippen LogP contribution in [0.1, 0.15) is 34.1 Å². The monoisotopic (exact) mass is 605 g/mol. The Morgan fingerprint density at radius 3 is 2.33 bits per heavy atom. The van der Waals surface area contributed by atoms with E-state index < -0.39 is 16.1 Å². The molecule has 2 heterocycles. The molecule has 228 valence electrons. The summed E-state index contributed by atoms with van der Waals surface area (Å²) < 4.78 is 41.0. The number of nitrogens with zero attached hydrogens (tertiary/aromatic N) is 3. The number of aliphatic hydroxyl groups is 1. The Morgan fingerprint density at radius 2 is 1.65 bits per heavy atom. The summed E-state index contributed by atoms with van der Waals surface area (Å²) in [6.45, 7) is 8.70. The van der Waals surface area contributed by atoms with E-state index in [-0.39, 0.29) is 19.2 Å². The minimum Gasteiger partial charge on any atom is -0.491 e. The highest BCUT2D eigenvalue weighted by atomic mass is 32.2. The van der Waals surface area contributed by atoms with Gasteiger partial charge in [0.1, 0.15) is 18.5 Å². The molecule has 1 aliphatic rings. The SMILES string of the molecule is CCOC(=O)c1c(C)n(Cc2ccccc2)c2ccc(OC[C@H](O)CN3CCN(S(=O)(=O)c4ccc(C)cc4)CC3)cc12. The molecule has 5 rings (SSSR count). The third kappa shape index (κ3) is 6.94. The van der Waals surface area contributed by atoms with Crippen LogP contribution in [0.4, 0.5) is 0 Å². The summed E-state index contributed by atoms with van der Waals surface area (Å²) >= 11 is 0. The molecule has 0 saturated carbocycles. The van der Waals surface area contributed by atoms with E-state index in [1.165, 1.54) is 4.31 Å². The zero-order chi connectivity index (χ0) is 30.6. The van der Waals surface area contributed by atoms with Crippen LogP contribution in [0.5, 0.6) is 5.75 Å². The van der Waals surface area contributed by atoms with Crippen molar-refractivity contribution >= 4 is 26.9 Å². The summed E-state index contributed by atoms with van der Waals surface area (Å²) in [6.07, 6.45) is -0.773. The lowest BCUT2D eigenvalue weighted by atomic mass is 10.1. The van der Waals surface area contributed by atoms with Crippen LogP contribution < -0.4 is 4.74 Å². The van der Waals surface area contributed by atoms with Crippen molar-refractivity contribution in [2.75, 3.05) is 45.9 Å². The molecule has 1 fully saturated rings. The van der Waals surface area contributed by atoms with E-state index in [2.05, 4.69) is 16.7 Å². The van der Waals surface area contributed by atoms with E-state index in [4.69, 9.17) is 9.47 Å². The zero-order valence-electron chi connectivity index (χ0n) is 24.9. The number of hydrogen-bond donors (Lipinski definition) is 1. The van der Waals surface area contributed by atoms with Gasteiger partial charge >= 0.3 is 5.97 Å². The first-order valence-electron chi connectivity index (χ1n) is 14.6. The number of aryl methyl sites for hydroxylation is 1. The van der Waals surface area contributed by atoms with E-state index >= 15 is 0 Å². The minimum atomic E-state index is -3.54. The van der Waals surface area contributed by atoms with Gasteiger partial charge in [-0.05, 0) is 56.7 Å². The largest absolute Gasteiger partial charge is 0.491 e. The second-order valence-electron chi connectivity index (χ2n) is 10.9. The van der Waals surface area contributed by atoms with Gasteiger partial charge in [-0.15, -0.1) is 0 Å². The van der Waals surface area contributed by atoms with E-state index in [1.54, 1.807) is 31.2 Å². The van der Waals surface area contributed by atoms with Gasteiger partial charge in [0, 0.05) is 55.9 Å². The molecular formula is C33H39N3O6S. The number of carbonyl (C=O) groups is 1. The minimum absolute atomic E-state index is 0.0613. The maximum Gasteiger partial charge on any atom is 0.340 e. The lowest BCUT2D eigenvalue weighted by Crippen LogP contribution is -2.50. The molecule has 3 aromatic carbocycles. The van der Waals surface area contributed by atoms with Gasteiger partial charge in [-0.25, -0.2) is 13.2 Å². The maximum absolute atomic E-state index is 13.0. The van der Waals surface area contributed by atoms with Crippen molar-refractivity contribution in [2.24, 2.45) is 0 Å². The van der Waals surface area contributed by atoms with Gasteiger partial charge in [0.2, 0.25) is 10.0 Å². The summed E-state index contributed by atoms with van der Waals surface area (Å²) in [7, 11) is -3.54. The van der Waals surface area contributed by atoms with Gasteiger partial charge in [-0.2, -0.15) is 4.31 Å². The van der Waals surface area contributed by atoms with Crippen LogP contribution in [0.2, 0.25) is 0 Å². The van der Waals surface area contributed by atoms with Crippen molar-refractivity contribution in [3.05, 3.63) is 95.2 Å². The predicted octanol–water partition coefficient (Wildman–Crippen LogP) is 4.23. The average Bonchev–Trinajstić information content (AvgIpc) is 3.27. The molecule has 4 aromatic rings. The molecule has 0 radical (unpaired) electrons. The van der Waals surface area contributed by atoms with Crippen LogP contribution in [0, 0.1) is 13.8 Å². The molecule has 10 heteroatoms. The Labute approximate surface area is 253 Å². The molecule has 1 aromatic heterocycles. The number of aliphatic hydroxyl groups excluding tert-OH is 1. The van der Waals surface area contributed by atoms with Crippen molar-refractivity contribution in [2.45, 2.75) is 38.3 Å². The van der Waals surface area contributed by atoms with Crippen molar-refractivity contribution < 1.29 is 27.8 Å². The van der Waals surface area contributed by atoms with Crippen LogP contribution in [0.3, 0.4) is 0 Å². The highest BCUT2D eigenvalue weighted by molar-refractivity contribution is 7.89. The molecule has 0 aliphatic carbocycles. The molecule has 1 saturated heterocycles. The number of sulfonamides is 1. The number of β-amino-alcohol motifs (C(OH)–C–C–N with tert-alkyl or cyclic N) is 1. The Morgan fingerprint density at radius 1 is 0.953 bits per heavy atom. The fourth-order valence-electron chi connectivity index (χ4n) is 5.54. The van der Waals surface area contributed by atoms with Crippen molar-refractivity contribution in [3.8, 4) is 5.75 Å². The Bertz CT molecular complexity index is 1660. The quantitative estimate of drug-likeness (QED) is 0.256. The van der Waals surface area contributed by atoms with Crippen molar-refractivity contribution in [1.29, 1.82) is 0 Å². The lowest BCUT2D eigenvalue weighted by Gasteiger charge is -2.34. The second-order valence-corrected chi connectivity index (χ2v) is 12.9. The molecule has 0 spiro atoms. The van der Waals surface area contributed by atoms with Crippen LogP contribution in [0.15, 0.2) is 77.7 Å². The van der Waals surface area contributed by atoms with E-state index in [1.807, 2.05) is 55.1 Å². The first-order valence-corrected chi connectivity index (χ1v) is 16.0. The number of fused-ring (bicyclic) bond motifs is 1. The van der Waals surface area contributed by atoms with Crippen LogP contribution >= 0.6 is 0 Å². The summed E-state index contributed by atoms with van der Waals surface area (Å²) in [4.78, 5) is 15.3. The Kier molecular flexibility index (Phi) is 9.51. The molecule has 43 heavy (non-hydrogen) atoms. The summed E-state index contributed by atoms with van der Waals surface area (Å²) in [5, 5.41) is 11.5. The van der Waals surface area contributed by atoms with E-state index in [0.717, 1.165) is 27.7 Å². The number of esters is 1. The van der Waals surface area contributed by atoms with Gasteiger partial charge < -0.3 is 19.1 Å². The van der Waals surface area contributed by atoms with Gasteiger partial charge in [0.05, 0.1) is 17.1 Å². The number of carbonyl (C=O) groups excluding carboxylic acids is 1. The normalized spacial score (nSPS) is 15.4. The summed E-state index contributed by atoms with van der Waals surface area (Å²) in [5.41, 5.74) is 4.36. The van der Waals surface area contributed by atoms with Crippen LogP contribution in [-0.4, -0.2) is 85.3 Å². The highest BCUT2D eigenvalue weighted by Crippen LogP contribution is 2.31. The third-order valence-corrected chi connectivity index (χ3v) is 9.77. The highest BCUT2D eigenvalue weighted by Gasteiger charge is 2.29. The molecule has 1 aliphatic heterocycles. The van der Waals surface area contributed by atoms with Gasteiger partial charge in [-0.1, -0.05) is 48.0 Å². The molecule has 1 atom stereocenters. The van der Waals surface area contributed by atoms with E-state index in [0.29, 0.717) is 55.5 Å². The van der Waals surface area contributed by atoms with Gasteiger partial charge in [-0.3, -0.25) is 4.90 Å². The van der Waals surface area contributed by atoms with Crippen LogP contribution in [0.25, 0.3) is 10.9 Å². The predicted molar refractivity (Wildman–Crippen MR) is 166 cm³/mol. The lowest BCUT2D eigenvalue weighted by molar-refractivity contribution is 0.0526. The topological polar surface area (TPSA) is 101 Å². The molecule has 0 unspecified atom stereocenters. The number of aromatic nitrogens is 1. The molecule has 0 bridgehead atoms. The third-order valence-electron chi connectivity index (χ3n) is 7.86. The number of ether oxygens (including phenoxy) is 2. The van der Waals surface area contributed by atoms with Gasteiger partial charge in [0.25, 0.3) is 0 Å². The summed E-state index contributed by atoms with van der Waals surface area (Å²) in [6, 6.07) is 22.6. The number of hydrogen-bond acceptors (Lipinski definition) is 7. The average molecular weight is 606 g/mol. The van der Waals surface area contributed by atoms with Crippen LogP contribution in [-0.2, 0) is 21.3 Å². The van der Waals surface area contributed by atoms with Crippen molar-refractivity contribution in [3.63, 3.8) is 0 Å². The first kappa shape index (κ1) is 30.7. The van der Waals surface area contributed by atoms with Gasteiger partial charge in [0.15, 0.2) is 0 Å². The number of piperazine rings is 1. The number of benzene rings is 3. The maximum atomic E-state index is 13.0. The molecule has 0 amide bonds. The molecule has 9 nitrogen and oxygen atoms in total. The summed E-state index contributed by atoms with van der Waals surface area (Å²) in [5.74, 6) is 0.167. The van der Waals surface area contributed by atoms with E-state index in [9.17, 15) is 18.3 Å². The fourth-order valence-corrected chi connectivity index (χ4v) is 6.96. The fraction of sp³-hybridized carbons (Fsp3) is 0.364. The zero-order valence-corrected chi connectivity index (χ0v) is 25.7. The smallest absolute Gasteiger partial charge is 0.340 e. The Balaban J connectivity index is 1.22. The Hall–Kier alpha value is -3.70. The molecular weight excluding hydrogens is 566 g/mol. The second kappa shape index (κ2) is 13.3. The molecule has 1 N–H and O–H groups in total. The van der Waals surface area contributed by atoms with Crippen molar-refractivity contribution in [1.82, 2.24) is 13.8 Å². The standard InChI is InChI=1S/C33H39N3O6S/c1-4-41-33(38)32-25(3)36(21-26-8-6-5-7-9-26)31-15-12-28(20-30(31)32)42-23-27(37)22-34-16-18-35(19-17-34)43(39,40)29-13-10-24(2)11-14-29/h5-15,20,27,37H,4,16-19,21-23H2,1-3H3/t27-/m1/s1.